The lowest BCUT2D eigenvalue weighted by molar-refractivity contribution is 0.683. The Morgan fingerprint density at radius 2 is 2.33 bits per heavy atom. The summed E-state index contributed by atoms with van der Waals surface area (Å²) in [7, 11) is 0. The number of allylic oxidation sites excluding steroid dienone is 1. The van der Waals surface area contributed by atoms with Crippen LogP contribution in [0.5, 0.6) is 0 Å². The zero-order chi connectivity index (χ0) is 7.11. The topological polar surface area (TPSA) is 0 Å². The average molecular weight is 147 g/mol. The third kappa shape index (κ3) is 5.91. The van der Waals surface area contributed by atoms with Gasteiger partial charge < -0.3 is 0 Å². The maximum Gasteiger partial charge on any atom is 0.0333 e. The van der Waals surface area contributed by atoms with Crippen LogP contribution in [0.2, 0.25) is 0 Å². The Morgan fingerprint density at radius 3 is 2.78 bits per heavy atom. The van der Waals surface area contributed by atoms with Gasteiger partial charge in [0.25, 0.3) is 0 Å². The predicted molar refractivity (Wildman–Crippen MR) is 44.0 cm³/mol. The zero-order valence-electron chi connectivity index (χ0n) is 6.07. The summed E-state index contributed by atoms with van der Waals surface area (Å²) >= 11 is 5.87. The fourth-order valence-corrected chi connectivity index (χ4v) is 0.842. The molecule has 1 heteroatoms. The van der Waals surface area contributed by atoms with Crippen molar-refractivity contribution in [2.24, 2.45) is 0 Å². The van der Waals surface area contributed by atoms with Crippen molar-refractivity contribution in [3.05, 3.63) is 12.7 Å². The summed E-state index contributed by atoms with van der Waals surface area (Å²) in [4.78, 5) is 0. The molecule has 0 spiro atoms. The van der Waals surface area contributed by atoms with Gasteiger partial charge in [-0.2, -0.15) is 0 Å². The molecule has 0 aromatic carbocycles. The van der Waals surface area contributed by atoms with Crippen molar-refractivity contribution in [2.45, 2.75) is 38.0 Å². The van der Waals surface area contributed by atoms with Crippen LogP contribution in [0.4, 0.5) is 0 Å². The van der Waals surface area contributed by atoms with E-state index in [0.29, 0.717) is 5.38 Å². The zero-order valence-corrected chi connectivity index (χ0v) is 6.82. The van der Waals surface area contributed by atoms with Gasteiger partial charge in [-0.1, -0.05) is 13.0 Å². The number of unbranched alkanes of at least 4 members (excludes halogenated alkanes) is 1. The van der Waals surface area contributed by atoms with Crippen LogP contribution in [0, 0.1) is 0 Å². The molecule has 0 N–H and O–H groups in total. The fourth-order valence-electron chi connectivity index (χ4n) is 0.688. The quantitative estimate of drug-likeness (QED) is 0.317. The maximum atomic E-state index is 5.87. The van der Waals surface area contributed by atoms with Crippen LogP contribution >= 0.6 is 11.6 Å². The molecule has 0 rings (SSSR count). The molecular formula is C8H15Cl. The number of hydrogen-bond donors (Lipinski definition) is 0. The highest BCUT2D eigenvalue weighted by Crippen LogP contribution is 2.10. The van der Waals surface area contributed by atoms with Crippen molar-refractivity contribution < 1.29 is 0 Å². The highest BCUT2D eigenvalue weighted by molar-refractivity contribution is 6.20. The molecule has 1 atom stereocenters. The van der Waals surface area contributed by atoms with E-state index in [4.69, 9.17) is 11.6 Å². The van der Waals surface area contributed by atoms with E-state index in [1.165, 1.54) is 6.42 Å². The summed E-state index contributed by atoms with van der Waals surface area (Å²) in [6.07, 6.45) is 6.44. The SMILES string of the molecule is C=CCCCC(Cl)CC. The van der Waals surface area contributed by atoms with Gasteiger partial charge in [0.1, 0.15) is 0 Å². The molecule has 9 heavy (non-hydrogen) atoms. The number of rotatable bonds is 5. The van der Waals surface area contributed by atoms with Crippen LogP contribution in [0.15, 0.2) is 12.7 Å². The van der Waals surface area contributed by atoms with Gasteiger partial charge in [0, 0.05) is 5.38 Å². The van der Waals surface area contributed by atoms with Gasteiger partial charge in [0.2, 0.25) is 0 Å². The Kier molecular flexibility index (Phi) is 6.18. The minimum Gasteiger partial charge on any atom is -0.123 e. The predicted octanol–water partition coefficient (Wildman–Crippen LogP) is 3.36. The smallest absolute Gasteiger partial charge is 0.0333 e. The molecule has 0 aliphatic heterocycles. The summed E-state index contributed by atoms with van der Waals surface area (Å²) < 4.78 is 0. The summed E-state index contributed by atoms with van der Waals surface area (Å²) in [5, 5.41) is 0.380. The Balaban J connectivity index is 2.96. The summed E-state index contributed by atoms with van der Waals surface area (Å²) in [6, 6.07) is 0. The summed E-state index contributed by atoms with van der Waals surface area (Å²) in [5.41, 5.74) is 0. The van der Waals surface area contributed by atoms with Crippen molar-refractivity contribution in [3.63, 3.8) is 0 Å². The van der Waals surface area contributed by atoms with E-state index in [-0.39, 0.29) is 0 Å². The molecule has 0 radical (unpaired) electrons. The van der Waals surface area contributed by atoms with Gasteiger partial charge in [-0.05, 0) is 25.7 Å². The second-order valence-corrected chi connectivity index (χ2v) is 2.84. The number of alkyl halides is 1. The monoisotopic (exact) mass is 146 g/mol. The van der Waals surface area contributed by atoms with Crippen LogP contribution in [0.1, 0.15) is 32.6 Å². The molecule has 0 saturated heterocycles. The summed E-state index contributed by atoms with van der Waals surface area (Å²) in [5.74, 6) is 0. The van der Waals surface area contributed by atoms with Crippen molar-refractivity contribution in [1.29, 1.82) is 0 Å². The third-order valence-corrected chi connectivity index (χ3v) is 1.90. The largest absolute Gasteiger partial charge is 0.123 e. The Hall–Kier alpha value is 0.0300. The van der Waals surface area contributed by atoms with Crippen LogP contribution < -0.4 is 0 Å². The normalized spacial score (nSPS) is 13.1. The van der Waals surface area contributed by atoms with Crippen molar-refractivity contribution in [3.8, 4) is 0 Å². The minimum absolute atomic E-state index is 0.380. The first-order valence-electron chi connectivity index (χ1n) is 3.56. The first kappa shape index (κ1) is 9.03. The second-order valence-electron chi connectivity index (χ2n) is 2.23. The molecule has 1 unspecified atom stereocenters. The molecular weight excluding hydrogens is 132 g/mol. The fraction of sp³-hybridized carbons (Fsp3) is 0.750. The minimum atomic E-state index is 0.380. The van der Waals surface area contributed by atoms with E-state index in [1.807, 2.05) is 6.08 Å². The van der Waals surface area contributed by atoms with Gasteiger partial charge in [-0.3, -0.25) is 0 Å². The molecule has 0 saturated carbocycles. The Bertz CT molecular complexity index is 69.0. The van der Waals surface area contributed by atoms with E-state index in [2.05, 4.69) is 13.5 Å². The first-order valence-corrected chi connectivity index (χ1v) is 3.99. The lowest BCUT2D eigenvalue weighted by Crippen LogP contribution is -1.93. The average Bonchev–Trinajstić information content (AvgIpc) is 1.89. The molecule has 0 heterocycles. The van der Waals surface area contributed by atoms with E-state index < -0.39 is 0 Å². The Morgan fingerprint density at radius 1 is 1.67 bits per heavy atom. The molecule has 0 aliphatic rings. The van der Waals surface area contributed by atoms with Gasteiger partial charge in [-0.25, -0.2) is 0 Å². The van der Waals surface area contributed by atoms with Gasteiger partial charge in [-0.15, -0.1) is 18.2 Å². The highest BCUT2D eigenvalue weighted by Gasteiger charge is 1.97. The highest BCUT2D eigenvalue weighted by atomic mass is 35.5. The van der Waals surface area contributed by atoms with Gasteiger partial charge in [0.05, 0.1) is 0 Å². The van der Waals surface area contributed by atoms with Crippen molar-refractivity contribution >= 4 is 11.6 Å². The number of hydrogen-bond acceptors (Lipinski definition) is 0. The lowest BCUT2D eigenvalue weighted by Gasteiger charge is -2.02. The number of halogens is 1. The van der Waals surface area contributed by atoms with Gasteiger partial charge in [0.15, 0.2) is 0 Å². The van der Waals surface area contributed by atoms with Crippen LogP contribution in [-0.2, 0) is 0 Å². The second kappa shape index (κ2) is 6.15. The molecule has 0 bridgehead atoms. The van der Waals surface area contributed by atoms with Crippen molar-refractivity contribution in [1.82, 2.24) is 0 Å². The van der Waals surface area contributed by atoms with E-state index in [1.54, 1.807) is 0 Å². The van der Waals surface area contributed by atoms with Gasteiger partial charge >= 0.3 is 0 Å². The Labute approximate surface area is 62.9 Å². The van der Waals surface area contributed by atoms with E-state index in [9.17, 15) is 0 Å². The lowest BCUT2D eigenvalue weighted by atomic mass is 10.1. The molecule has 54 valence electrons. The first-order chi connectivity index (χ1) is 4.31. The maximum absolute atomic E-state index is 5.87. The molecule has 0 aliphatic carbocycles. The van der Waals surface area contributed by atoms with Crippen LogP contribution in [0.25, 0.3) is 0 Å². The molecule has 0 nitrogen and oxygen atoms in total. The molecule has 0 aromatic heterocycles. The van der Waals surface area contributed by atoms with E-state index in [0.717, 1.165) is 19.3 Å². The van der Waals surface area contributed by atoms with E-state index >= 15 is 0 Å². The standard InChI is InChI=1S/C8H15Cl/c1-3-5-6-7-8(9)4-2/h3,8H,1,4-7H2,2H3. The van der Waals surface area contributed by atoms with Crippen LogP contribution in [0.3, 0.4) is 0 Å². The van der Waals surface area contributed by atoms with Crippen molar-refractivity contribution in [2.75, 3.05) is 0 Å². The third-order valence-electron chi connectivity index (χ3n) is 1.37. The molecule has 0 fully saturated rings. The van der Waals surface area contributed by atoms with Crippen LogP contribution in [-0.4, -0.2) is 5.38 Å². The summed E-state index contributed by atoms with van der Waals surface area (Å²) in [6.45, 7) is 5.76. The molecule has 0 aromatic rings. The molecule has 0 amide bonds.